The summed E-state index contributed by atoms with van der Waals surface area (Å²) in [6.45, 7) is 1.93. The summed E-state index contributed by atoms with van der Waals surface area (Å²) < 4.78 is 1.03. The molecule has 0 bridgehead atoms. The van der Waals surface area contributed by atoms with Crippen LogP contribution in [0, 0.1) is 0 Å². The van der Waals surface area contributed by atoms with Crippen molar-refractivity contribution in [1.82, 2.24) is 0 Å². The van der Waals surface area contributed by atoms with Crippen LogP contribution in [0.4, 0.5) is 0 Å². The van der Waals surface area contributed by atoms with Crippen molar-refractivity contribution in [3.05, 3.63) is 34.3 Å². The molecule has 1 aromatic rings. The SMILES string of the molecule is CCC(=[OH+])c1ccc(Br)cc1. The zero-order valence-electron chi connectivity index (χ0n) is 6.34. The molecule has 0 saturated carbocycles. The molecule has 1 nitrogen and oxygen atoms in total. The van der Waals surface area contributed by atoms with Gasteiger partial charge in [0.15, 0.2) is 0 Å². The van der Waals surface area contributed by atoms with E-state index in [1.165, 1.54) is 0 Å². The number of halogens is 1. The van der Waals surface area contributed by atoms with Crippen LogP contribution in [0.15, 0.2) is 28.7 Å². The van der Waals surface area contributed by atoms with Crippen LogP contribution in [-0.2, 0) is 0 Å². The van der Waals surface area contributed by atoms with E-state index in [0.717, 1.165) is 10.0 Å². The molecule has 0 aliphatic heterocycles. The fourth-order valence-corrected chi connectivity index (χ4v) is 1.11. The number of carbonyl (C=O) groups excluding carboxylic acids is 1. The Morgan fingerprint density at radius 3 is 2.36 bits per heavy atom. The topological polar surface area (TPSA) is 21.4 Å². The van der Waals surface area contributed by atoms with Gasteiger partial charge in [0.2, 0.25) is 0 Å². The lowest BCUT2D eigenvalue weighted by atomic mass is 10.1. The van der Waals surface area contributed by atoms with E-state index < -0.39 is 0 Å². The Morgan fingerprint density at radius 1 is 1.36 bits per heavy atom. The number of ketones is 1. The Balaban J connectivity index is 2.90. The summed E-state index contributed by atoms with van der Waals surface area (Å²) in [7, 11) is 0. The average Bonchev–Trinajstić information content (AvgIpc) is 2.05. The second-order valence-corrected chi connectivity index (χ2v) is 3.22. The van der Waals surface area contributed by atoms with Gasteiger partial charge in [-0.1, -0.05) is 22.9 Å². The lowest BCUT2D eigenvalue weighted by Crippen LogP contribution is -1.96. The number of hydrogen-bond acceptors (Lipinski definition) is 0. The standard InChI is InChI=1S/C9H9BrO/c1-2-9(11)7-3-5-8(10)6-4-7/h3-6H,2H2,1H3/p+1. The molecule has 1 rings (SSSR count). The van der Waals surface area contributed by atoms with Gasteiger partial charge in [-0.2, -0.15) is 0 Å². The van der Waals surface area contributed by atoms with Crippen molar-refractivity contribution in [3.8, 4) is 0 Å². The summed E-state index contributed by atoms with van der Waals surface area (Å²) >= 11 is 3.33. The zero-order chi connectivity index (χ0) is 8.27. The van der Waals surface area contributed by atoms with Crippen LogP contribution in [0.3, 0.4) is 0 Å². The van der Waals surface area contributed by atoms with E-state index in [9.17, 15) is 4.79 Å². The van der Waals surface area contributed by atoms with Crippen LogP contribution in [0.1, 0.15) is 18.9 Å². The van der Waals surface area contributed by atoms with Gasteiger partial charge in [-0.05, 0) is 24.3 Å². The molecule has 2 heteroatoms. The molecule has 0 atom stereocenters. The third-order valence-corrected chi connectivity index (χ3v) is 2.04. The van der Waals surface area contributed by atoms with E-state index in [-0.39, 0.29) is 0 Å². The monoisotopic (exact) mass is 213 g/mol. The summed E-state index contributed by atoms with van der Waals surface area (Å²) in [5.74, 6) is 0.442. The predicted octanol–water partition coefficient (Wildman–Crippen LogP) is 2.75. The fraction of sp³-hybridized carbons (Fsp3) is 0.222. The molecule has 0 aliphatic carbocycles. The van der Waals surface area contributed by atoms with Crippen molar-refractivity contribution in [1.29, 1.82) is 0 Å². The first-order valence-corrected chi connectivity index (χ1v) is 4.34. The van der Waals surface area contributed by atoms with E-state index in [4.69, 9.17) is 0 Å². The van der Waals surface area contributed by atoms with Crippen molar-refractivity contribution >= 4 is 21.7 Å². The molecule has 0 aliphatic rings. The lowest BCUT2D eigenvalue weighted by molar-refractivity contribution is 0.664. The Hall–Kier alpha value is -0.630. The molecule has 0 heterocycles. The molecule has 0 radical (unpaired) electrons. The Labute approximate surface area is 74.6 Å². The smallest absolute Gasteiger partial charge is 0.278 e. The molecule has 11 heavy (non-hydrogen) atoms. The molecule has 0 amide bonds. The molecule has 0 aromatic heterocycles. The quantitative estimate of drug-likeness (QED) is 0.533. The largest absolute Gasteiger partial charge is 0.323 e. The highest BCUT2D eigenvalue weighted by atomic mass is 79.9. The normalized spacial score (nSPS) is 9.64. The average molecular weight is 214 g/mol. The second-order valence-electron chi connectivity index (χ2n) is 2.31. The highest BCUT2D eigenvalue weighted by Crippen LogP contribution is 2.11. The van der Waals surface area contributed by atoms with Crippen molar-refractivity contribution in [2.24, 2.45) is 0 Å². The molecule has 0 fully saturated rings. The highest BCUT2D eigenvalue weighted by molar-refractivity contribution is 9.10. The number of rotatable bonds is 2. The maximum atomic E-state index is 9.32. The van der Waals surface area contributed by atoms with Gasteiger partial charge in [0.1, 0.15) is 0 Å². The van der Waals surface area contributed by atoms with Crippen molar-refractivity contribution in [2.45, 2.75) is 13.3 Å². The summed E-state index contributed by atoms with van der Waals surface area (Å²) in [5, 5.41) is 0. The first-order chi connectivity index (χ1) is 5.24. The molecule has 58 valence electrons. The van der Waals surface area contributed by atoms with Gasteiger partial charge >= 0.3 is 5.78 Å². The van der Waals surface area contributed by atoms with E-state index in [1.54, 1.807) is 0 Å². The summed E-state index contributed by atoms with van der Waals surface area (Å²) in [5.41, 5.74) is 0.899. The van der Waals surface area contributed by atoms with Crippen LogP contribution < -0.4 is 0 Å². The second kappa shape index (κ2) is 3.67. The van der Waals surface area contributed by atoms with Crippen LogP contribution in [0.5, 0.6) is 0 Å². The molecular formula is C9H10BrO+. The zero-order valence-corrected chi connectivity index (χ0v) is 7.93. The van der Waals surface area contributed by atoms with Gasteiger partial charge in [0, 0.05) is 4.47 Å². The van der Waals surface area contributed by atoms with Crippen LogP contribution >= 0.6 is 15.9 Å². The Bertz CT molecular complexity index is 251. The maximum absolute atomic E-state index is 9.32. The van der Waals surface area contributed by atoms with Crippen molar-refractivity contribution in [3.63, 3.8) is 0 Å². The fourth-order valence-electron chi connectivity index (χ4n) is 0.846. The third kappa shape index (κ3) is 2.15. The number of hydrogen-bond donors (Lipinski definition) is 0. The number of benzene rings is 1. The van der Waals surface area contributed by atoms with Crippen molar-refractivity contribution < 1.29 is 4.79 Å². The van der Waals surface area contributed by atoms with Gasteiger partial charge in [0.25, 0.3) is 0 Å². The van der Waals surface area contributed by atoms with E-state index >= 15 is 0 Å². The first-order valence-electron chi connectivity index (χ1n) is 3.54. The van der Waals surface area contributed by atoms with Gasteiger partial charge in [-0.15, -0.1) is 0 Å². The van der Waals surface area contributed by atoms with E-state index in [0.29, 0.717) is 12.2 Å². The summed E-state index contributed by atoms with van der Waals surface area (Å²) in [4.78, 5) is 9.32. The molecule has 1 aromatic carbocycles. The van der Waals surface area contributed by atoms with Crippen LogP contribution in [0.25, 0.3) is 0 Å². The third-order valence-electron chi connectivity index (χ3n) is 1.51. The molecular weight excluding hydrogens is 204 g/mol. The molecule has 0 saturated heterocycles. The van der Waals surface area contributed by atoms with Gasteiger partial charge in [0.05, 0.1) is 12.0 Å². The summed E-state index contributed by atoms with van der Waals surface area (Å²) in [6.07, 6.45) is 0.682. The van der Waals surface area contributed by atoms with Gasteiger partial charge in [-0.25, -0.2) is 0 Å². The lowest BCUT2D eigenvalue weighted by Gasteiger charge is -1.91. The molecule has 1 N–H and O–H groups in total. The van der Waals surface area contributed by atoms with Crippen molar-refractivity contribution in [2.75, 3.05) is 0 Å². The minimum absolute atomic E-state index is 0.442. The van der Waals surface area contributed by atoms with Gasteiger partial charge < -0.3 is 0 Å². The van der Waals surface area contributed by atoms with Crippen LogP contribution in [-0.4, -0.2) is 10.6 Å². The van der Waals surface area contributed by atoms with E-state index in [1.807, 2.05) is 31.2 Å². The highest BCUT2D eigenvalue weighted by Gasteiger charge is 2.07. The maximum Gasteiger partial charge on any atom is 0.323 e. The Morgan fingerprint density at radius 2 is 1.91 bits per heavy atom. The Kier molecular flexibility index (Phi) is 2.83. The van der Waals surface area contributed by atoms with Gasteiger partial charge in [-0.3, -0.25) is 4.79 Å². The first kappa shape index (κ1) is 8.47. The molecule has 0 spiro atoms. The summed E-state index contributed by atoms with van der Waals surface area (Å²) in [6, 6.07) is 7.62. The minimum Gasteiger partial charge on any atom is -0.278 e. The van der Waals surface area contributed by atoms with E-state index in [2.05, 4.69) is 15.9 Å². The predicted molar refractivity (Wildman–Crippen MR) is 50.5 cm³/mol. The molecule has 0 unspecified atom stereocenters. The van der Waals surface area contributed by atoms with Crippen LogP contribution in [0.2, 0.25) is 0 Å². The minimum atomic E-state index is 0.442.